The molecule has 0 unspecified atom stereocenters. The van der Waals surface area contributed by atoms with E-state index in [0.717, 1.165) is 32.1 Å². The van der Waals surface area contributed by atoms with Crippen LogP contribution < -0.4 is 4.57 Å². The van der Waals surface area contributed by atoms with Crippen molar-refractivity contribution in [1.29, 1.82) is 0 Å². The number of pyridine rings is 1. The molecule has 174 valence electrons. The second kappa shape index (κ2) is 8.60. The fraction of sp³-hybridized carbons (Fsp3) is 0.171. The molecule has 0 atom stereocenters. The number of aryl methyl sites for hydroxylation is 3. The van der Waals surface area contributed by atoms with Crippen LogP contribution in [0.1, 0.15) is 34.7 Å². The maximum absolute atomic E-state index is 2.62. The van der Waals surface area contributed by atoms with Gasteiger partial charge in [-0.05, 0) is 60.4 Å². The number of aromatic nitrogens is 1. The molecule has 0 saturated carbocycles. The summed E-state index contributed by atoms with van der Waals surface area (Å²) in [7, 11) is 0. The topological polar surface area (TPSA) is 3.88 Å². The molecule has 0 fully saturated rings. The van der Waals surface area contributed by atoms with Crippen molar-refractivity contribution < 1.29 is 4.57 Å². The molecule has 2 aliphatic rings. The summed E-state index contributed by atoms with van der Waals surface area (Å²) in [6.45, 7) is 2.29. The molecule has 0 spiro atoms. The fourth-order valence-electron chi connectivity index (χ4n) is 6.57. The Kier molecular flexibility index (Phi) is 5.10. The molecule has 0 N–H and O–H groups in total. The number of rotatable bonds is 3. The standard InChI is InChI=1S/C35H30N/c1-2-24-15-11-16-27-21-23-31-33(26-13-5-3-6-14-26)30-22-20-25-12-9-10-19-29(25)34(30)36(35(31)32(24)27)28-17-7-4-8-18-28/h3-19H,2,20-23H2,1H3/q+1. The summed E-state index contributed by atoms with van der Waals surface area (Å²) in [5, 5.41) is 0. The number of nitrogens with zero attached hydrogens (tertiary/aromatic N) is 1. The van der Waals surface area contributed by atoms with E-state index in [4.69, 9.17) is 0 Å². The molecule has 5 aromatic rings. The molecule has 1 nitrogen and oxygen atoms in total. The normalized spacial score (nSPS) is 13.4. The lowest BCUT2D eigenvalue weighted by atomic mass is 9.76. The first-order chi connectivity index (χ1) is 17.8. The van der Waals surface area contributed by atoms with Gasteiger partial charge in [-0.1, -0.05) is 91.9 Å². The largest absolute Gasteiger partial charge is 0.223 e. The van der Waals surface area contributed by atoms with Crippen LogP contribution >= 0.6 is 0 Å². The van der Waals surface area contributed by atoms with Gasteiger partial charge in [0.05, 0.1) is 11.1 Å². The van der Waals surface area contributed by atoms with E-state index in [9.17, 15) is 0 Å². The number of benzene rings is 4. The third kappa shape index (κ3) is 3.19. The van der Waals surface area contributed by atoms with Gasteiger partial charge >= 0.3 is 0 Å². The zero-order valence-corrected chi connectivity index (χ0v) is 20.8. The average molecular weight is 465 g/mol. The third-order valence-corrected chi connectivity index (χ3v) is 8.12. The highest BCUT2D eigenvalue weighted by atomic mass is 15.0. The molecule has 2 aliphatic carbocycles. The SMILES string of the molecule is CCc1cccc2c1-c1c(c(-c3ccccc3)c3c([n+]1-c1ccccc1)-c1ccccc1CC3)CC2. The van der Waals surface area contributed by atoms with Gasteiger partial charge < -0.3 is 0 Å². The van der Waals surface area contributed by atoms with Crippen molar-refractivity contribution in [3.05, 3.63) is 131 Å². The minimum atomic E-state index is 1.03. The molecule has 7 rings (SSSR count). The van der Waals surface area contributed by atoms with Gasteiger partial charge in [0, 0.05) is 28.8 Å². The quantitative estimate of drug-likeness (QED) is 0.241. The second-order valence-corrected chi connectivity index (χ2v) is 10.0. The highest BCUT2D eigenvalue weighted by Gasteiger charge is 2.39. The lowest BCUT2D eigenvalue weighted by Gasteiger charge is -2.29. The Balaban J connectivity index is 1.72. The molecule has 0 amide bonds. The molecule has 0 aliphatic heterocycles. The van der Waals surface area contributed by atoms with E-state index >= 15 is 0 Å². The van der Waals surface area contributed by atoms with Crippen LogP contribution in [-0.4, -0.2) is 0 Å². The van der Waals surface area contributed by atoms with Crippen LogP contribution in [0.25, 0.3) is 39.3 Å². The minimum absolute atomic E-state index is 1.03. The lowest BCUT2D eigenvalue weighted by Crippen LogP contribution is -2.41. The molecule has 36 heavy (non-hydrogen) atoms. The summed E-state index contributed by atoms with van der Waals surface area (Å²) < 4.78 is 2.62. The smallest absolute Gasteiger partial charge is 0.152 e. The van der Waals surface area contributed by atoms with Crippen molar-refractivity contribution in [3.8, 4) is 39.3 Å². The van der Waals surface area contributed by atoms with Crippen molar-refractivity contribution in [2.45, 2.75) is 39.0 Å². The molecule has 0 bridgehead atoms. The van der Waals surface area contributed by atoms with E-state index in [1.807, 2.05) is 0 Å². The van der Waals surface area contributed by atoms with E-state index in [-0.39, 0.29) is 0 Å². The van der Waals surface area contributed by atoms with Gasteiger partial charge in [0.2, 0.25) is 17.1 Å². The molecule has 0 saturated heterocycles. The Labute approximate surface area is 213 Å². The summed E-state index contributed by atoms with van der Waals surface area (Å²) in [4.78, 5) is 0. The minimum Gasteiger partial charge on any atom is -0.152 e. The van der Waals surface area contributed by atoms with Crippen LogP contribution in [0.4, 0.5) is 0 Å². The van der Waals surface area contributed by atoms with Crippen LogP contribution in [0, 0.1) is 0 Å². The van der Waals surface area contributed by atoms with Crippen LogP contribution in [0.2, 0.25) is 0 Å². The second-order valence-electron chi connectivity index (χ2n) is 10.0. The maximum atomic E-state index is 2.62. The van der Waals surface area contributed by atoms with E-state index in [1.54, 1.807) is 0 Å². The number of hydrogen-bond donors (Lipinski definition) is 0. The van der Waals surface area contributed by atoms with E-state index in [0.29, 0.717) is 0 Å². The van der Waals surface area contributed by atoms with E-state index in [2.05, 4.69) is 115 Å². The number of hydrogen-bond acceptors (Lipinski definition) is 0. The fourth-order valence-corrected chi connectivity index (χ4v) is 6.57. The van der Waals surface area contributed by atoms with Crippen LogP contribution in [-0.2, 0) is 32.1 Å². The summed E-state index contributed by atoms with van der Waals surface area (Å²) in [6, 6.07) is 38.2. The first kappa shape index (κ1) is 21.3. The lowest BCUT2D eigenvalue weighted by molar-refractivity contribution is -0.573. The van der Waals surface area contributed by atoms with E-state index < -0.39 is 0 Å². The molecular formula is C35H30N+. The maximum Gasteiger partial charge on any atom is 0.223 e. The van der Waals surface area contributed by atoms with Gasteiger partial charge in [-0.25, -0.2) is 0 Å². The van der Waals surface area contributed by atoms with Crippen molar-refractivity contribution >= 4 is 0 Å². The highest BCUT2D eigenvalue weighted by molar-refractivity contribution is 5.86. The predicted molar refractivity (Wildman–Crippen MR) is 148 cm³/mol. The molecule has 1 heteroatoms. The van der Waals surface area contributed by atoms with Crippen molar-refractivity contribution in [2.24, 2.45) is 0 Å². The highest BCUT2D eigenvalue weighted by Crippen LogP contribution is 2.46. The average Bonchev–Trinajstić information content (AvgIpc) is 2.96. The molecule has 1 aromatic heterocycles. The first-order valence-corrected chi connectivity index (χ1v) is 13.3. The van der Waals surface area contributed by atoms with Crippen molar-refractivity contribution in [2.75, 3.05) is 0 Å². The van der Waals surface area contributed by atoms with Crippen molar-refractivity contribution in [3.63, 3.8) is 0 Å². The Bertz CT molecular complexity index is 1580. The number of fused-ring (bicyclic) bond motifs is 6. The Morgan fingerprint density at radius 3 is 1.97 bits per heavy atom. The summed E-state index contributed by atoms with van der Waals surface area (Å²) in [5.74, 6) is 0. The third-order valence-electron chi connectivity index (χ3n) is 8.12. The summed E-state index contributed by atoms with van der Waals surface area (Å²) in [6.07, 6.45) is 5.36. The molecular weight excluding hydrogens is 434 g/mol. The van der Waals surface area contributed by atoms with Gasteiger partial charge in [-0.2, -0.15) is 4.57 Å². The van der Waals surface area contributed by atoms with Gasteiger partial charge in [0.1, 0.15) is 0 Å². The Morgan fingerprint density at radius 2 is 1.19 bits per heavy atom. The van der Waals surface area contributed by atoms with Gasteiger partial charge in [0.25, 0.3) is 0 Å². The molecule has 1 heterocycles. The number of para-hydroxylation sites is 1. The van der Waals surface area contributed by atoms with Crippen LogP contribution in [0.3, 0.4) is 0 Å². The Hall–Kier alpha value is -3.97. The van der Waals surface area contributed by atoms with Gasteiger partial charge in [0.15, 0.2) is 0 Å². The Morgan fingerprint density at radius 1 is 0.556 bits per heavy atom. The predicted octanol–water partition coefficient (Wildman–Crippen LogP) is 7.72. The van der Waals surface area contributed by atoms with Crippen LogP contribution in [0.5, 0.6) is 0 Å². The monoisotopic (exact) mass is 464 g/mol. The zero-order chi connectivity index (χ0) is 24.1. The summed E-state index contributed by atoms with van der Waals surface area (Å²) in [5.41, 5.74) is 17.1. The first-order valence-electron chi connectivity index (χ1n) is 13.3. The van der Waals surface area contributed by atoms with Gasteiger partial charge in [-0.15, -0.1) is 0 Å². The van der Waals surface area contributed by atoms with Gasteiger partial charge in [-0.3, -0.25) is 0 Å². The van der Waals surface area contributed by atoms with E-state index in [1.165, 1.54) is 67.1 Å². The summed E-state index contributed by atoms with van der Waals surface area (Å²) >= 11 is 0. The van der Waals surface area contributed by atoms with Crippen LogP contribution in [0.15, 0.2) is 103 Å². The molecule has 0 radical (unpaired) electrons. The molecule has 4 aromatic carbocycles. The van der Waals surface area contributed by atoms with Crippen molar-refractivity contribution in [1.82, 2.24) is 0 Å². The zero-order valence-electron chi connectivity index (χ0n) is 20.8.